The van der Waals surface area contributed by atoms with Gasteiger partial charge in [-0.05, 0) is 30.2 Å². The van der Waals surface area contributed by atoms with Crippen LogP contribution in [0.15, 0.2) is 42.5 Å². The maximum Gasteiger partial charge on any atom is 0.0656 e. The van der Waals surface area contributed by atoms with E-state index in [4.69, 9.17) is 0 Å². The second-order valence-electron chi connectivity index (χ2n) is 3.99. The smallest absolute Gasteiger partial charge is 0.0656 e. The predicted molar refractivity (Wildman–Crippen MR) is 68.8 cm³/mol. The lowest BCUT2D eigenvalue weighted by Gasteiger charge is -2.24. The van der Waals surface area contributed by atoms with Crippen LogP contribution in [0.3, 0.4) is 0 Å². The minimum absolute atomic E-state index is 1.04. The van der Waals surface area contributed by atoms with Gasteiger partial charge >= 0.3 is 0 Å². The first kappa shape index (κ1) is 9.28. The van der Waals surface area contributed by atoms with E-state index in [1.807, 2.05) is 12.1 Å². The number of hydrogen-bond donors (Lipinski definition) is 2. The van der Waals surface area contributed by atoms with Crippen molar-refractivity contribution < 1.29 is 0 Å². The molecule has 2 nitrogen and oxygen atoms in total. The minimum Gasteiger partial charge on any atom is -0.352 e. The monoisotopic (exact) mass is 210 g/mol. The Kier molecular flexibility index (Phi) is 2.07. The summed E-state index contributed by atoms with van der Waals surface area (Å²) >= 11 is 0. The molecule has 1 aliphatic rings. The molecule has 1 aliphatic heterocycles. The van der Waals surface area contributed by atoms with Crippen LogP contribution in [-0.4, -0.2) is 0 Å². The Bertz CT molecular complexity index is 532. The summed E-state index contributed by atoms with van der Waals surface area (Å²) in [6.45, 7) is 2.18. The molecule has 0 spiro atoms. The Morgan fingerprint density at radius 2 is 1.50 bits per heavy atom. The molecule has 16 heavy (non-hydrogen) atoms. The van der Waals surface area contributed by atoms with E-state index in [0.29, 0.717) is 0 Å². The predicted octanol–water partition coefficient (Wildman–Crippen LogP) is 4.05. The van der Waals surface area contributed by atoms with Gasteiger partial charge < -0.3 is 10.6 Å². The van der Waals surface area contributed by atoms with Gasteiger partial charge in [0, 0.05) is 0 Å². The van der Waals surface area contributed by atoms with Crippen LogP contribution < -0.4 is 10.6 Å². The normalized spacial score (nSPS) is 12.1. The molecule has 0 bridgehead atoms. The molecule has 0 radical (unpaired) electrons. The van der Waals surface area contributed by atoms with Crippen molar-refractivity contribution in [2.45, 2.75) is 13.3 Å². The summed E-state index contributed by atoms with van der Waals surface area (Å²) < 4.78 is 0. The third-order valence-corrected chi connectivity index (χ3v) is 2.99. The Morgan fingerprint density at radius 1 is 0.812 bits per heavy atom. The van der Waals surface area contributed by atoms with Gasteiger partial charge in [-0.3, -0.25) is 0 Å². The fourth-order valence-electron chi connectivity index (χ4n) is 2.13. The molecule has 0 aromatic heterocycles. The molecule has 0 aliphatic carbocycles. The van der Waals surface area contributed by atoms with E-state index >= 15 is 0 Å². The van der Waals surface area contributed by atoms with Gasteiger partial charge in [0.1, 0.15) is 0 Å². The van der Waals surface area contributed by atoms with Crippen LogP contribution in [0, 0.1) is 0 Å². The van der Waals surface area contributed by atoms with Crippen LogP contribution in [0.4, 0.5) is 22.7 Å². The second-order valence-corrected chi connectivity index (χ2v) is 3.99. The molecule has 2 heteroatoms. The highest BCUT2D eigenvalue weighted by atomic mass is 15.0. The van der Waals surface area contributed by atoms with Gasteiger partial charge in [0.2, 0.25) is 0 Å². The zero-order valence-electron chi connectivity index (χ0n) is 9.25. The van der Waals surface area contributed by atoms with E-state index in [1.165, 1.54) is 11.3 Å². The molecule has 0 unspecified atom stereocenters. The van der Waals surface area contributed by atoms with E-state index < -0.39 is 0 Å². The van der Waals surface area contributed by atoms with Crippen molar-refractivity contribution in [3.05, 3.63) is 48.0 Å². The standard InChI is InChI=1S/C14H14N2/c1-2-10-6-5-9-13-14(10)16-12-8-4-3-7-11(12)15-13/h3-9,15-16H,2H2,1H3. The number of para-hydroxylation sites is 3. The Morgan fingerprint density at radius 3 is 2.25 bits per heavy atom. The molecule has 0 saturated carbocycles. The van der Waals surface area contributed by atoms with E-state index in [0.717, 1.165) is 23.5 Å². The maximum atomic E-state index is 3.50. The SMILES string of the molecule is CCc1cccc2c1Nc1ccccc1N2. The van der Waals surface area contributed by atoms with Gasteiger partial charge in [-0.1, -0.05) is 31.2 Å². The van der Waals surface area contributed by atoms with Gasteiger partial charge in [0.15, 0.2) is 0 Å². The number of hydrogen-bond acceptors (Lipinski definition) is 2. The highest BCUT2D eigenvalue weighted by Gasteiger charge is 2.15. The first-order valence-electron chi connectivity index (χ1n) is 5.63. The summed E-state index contributed by atoms with van der Waals surface area (Å²) in [7, 11) is 0. The summed E-state index contributed by atoms with van der Waals surface area (Å²) in [6, 6.07) is 14.6. The average molecular weight is 210 g/mol. The Hall–Kier alpha value is -1.96. The molecule has 0 atom stereocenters. The third kappa shape index (κ3) is 1.34. The molecular formula is C14H14N2. The molecule has 2 aromatic carbocycles. The molecule has 2 aromatic rings. The lowest BCUT2D eigenvalue weighted by atomic mass is 10.1. The van der Waals surface area contributed by atoms with E-state index in [1.54, 1.807) is 0 Å². The third-order valence-electron chi connectivity index (χ3n) is 2.99. The van der Waals surface area contributed by atoms with Gasteiger partial charge in [0.05, 0.1) is 22.7 Å². The Labute approximate surface area is 95.3 Å². The van der Waals surface area contributed by atoms with Crippen LogP contribution in [0.1, 0.15) is 12.5 Å². The van der Waals surface area contributed by atoms with E-state index in [-0.39, 0.29) is 0 Å². The summed E-state index contributed by atoms with van der Waals surface area (Å²) in [4.78, 5) is 0. The van der Waals surface area contributed by atoms with Crippen LogP contribution >= 0.6 is 0 Å². The van der Waals surface area contributed by atoms with E-state index in [2.05, 4.69) is 47.9 Å². The van der Waals surface area contributed by atoms with Crippen molar-refractivity contribution in [3.8, 4) is 0 Å². The lowest BCUT2D eigenvalue weighted by Crippen LogP contribution is -2.07. The highest BCUT2D eigenvalue weighted by molar-refractivity contribution is 5.91. The van der Waals surface area contributed by atoms with Gasteiger partial charge in [-0.25, -0.2) is 0 Å². The molecule has 80 valence electrons. The highest BCUT2D eigenvalue weighted by Crippen LogP contribution is 2.39. The molecule has 1 heterocycles. The first-order valence-corrected chi connectivity index (χ1v) is 5.63. The molecular weight excluding hydrogens is 196 g/mol. The molecule has 0 saturated heterocycles. The van der Waals surface area contributed by atoms with Gasteiger partial charge in [-0.15, -0.1) is 0 Å². The maximum absolute atomic E-state index is 3.50. The summed E-state index contributed by atoms with van der Waals surface area (Å²) in [6.07, 6.45) is 1.04. The number of aryl methyl sites for hydroxylation is 1. The first-order chi connectivity index (χ1) is 7.88. The lowest BCUT2D eigenvalue weighted by molar-refractivity contribution is 1.14. The summed E-state index contributed by atoms with van der Waals surface area (Å²) in [5.74, 6) is 0. The summed E-state index contributed by atoms with van der Waals surface area (Å²) in [5, 5.41) is 6.95. The number of rotatable bonds is 1. The number of anilines is 4. The minimum atomic E-state index is 1.04. The van der Waals surface area contributed by atoms with Gasteiger partial charge in [0.25, 0.3) is 0 Å². The van der Waals surface area contributed by atoms with Crippen molar-refractivity contribution in [3.63, 3.8) is 0 Å². The Balaban J connectivity index is 2.12. The number of fused-ring (bicyclic) bond motifs is 2. The van der Waals surface area contributed by atoms with Gasteiger partial charge in [-0.2, -0.15) is 0 Å². The van der Waals surface area contributed by atoms with Crippen LogP contribution in [0.5, 0.6) is 0 Å². The fraction of sp³-hybridized carbons (Fsp3) is 0.143. The number of benzene rings is 2. The van der Waals surface area contributed by atoms with Crippen LogP contribution in [-0.2, 0) is 6.42 Å². The number of nitrogens with one attached hydrogen (secondary N) is 2. The van der Waals surface area contributed by atoms with Crippen LogP contribution in [0.25, 0.3) is 0 Å². The largest absolute Gasteiger partial charge is 0.352 e. The zero-order chi connectivity index (χ0) is 11.0. The topological polar surface area (TPSA) is 24.1 Å². The molecule has 0 amide bonds. The molecule has 3 rings (SSSR count). The van der Waals surface area contributed by atoms with Crippen LogP contribution in [0.2, 0.25) is 0 Å². The van der Waals surface area contributed by atoms with Crippen molar-refractivity contribution in [2.24, 2.45) is 0 Å². The second kappa shape index (κ2) is 3.56. The van der Waals surface area contributed by atoms with Crippen molar-refractivity contribution >= 4 is 22.7 Å². The van der Waals surface area contributed by atoms with E-state index in [9.17, 15) is 0 Å². The fourth-order valence-corrected chi connectivity index (χ4v) is 2.13. The quantitative estimate of drug-likeness (QED) is 0.633. The summed E-state index contributed by atoms with van der Waals surface area (Å²) in [5.41, 5.74) is 6.01. The van der Waals surface area contributed by atoms with Crippen molar-refractivity contribution in [1.82, 2.24) is 0 Å². The molecule has 0 fully saturated rings. The molecule has 2 N–H and O–H groups in total. The van der Waals surface area contributed by atoms with Crippen molar-refractivity contribution in [1.29, 1.82) is 0 Å². The zero-order valence-corrected chi connectivity index (χ0v) is 9.25. The average Bonchev–Trinajstić information content (AvgIpc) is 2.35. The van der Waals surface area contributed by atoms with Crippen molar-refractivity contribution in [2.75, 3.05) is 10.6 Å².